The summed E-state index contributed by atoms with van der Waals surface area (Å²) < 4.78 is 5.89. The molecule has 4 rings (SSSR count). The first-order valence-electron chi connectivity index (χ1n) is 12.8. The lowest BCUT2D eigenvalue weighted by atomic mass is 9.80. The molecule has 1 aromatic heterocycles. The third kappa shape index (κ3) is 6.97. The van der Waals surface area contributed by atoms with Gasteiger partial charge in [-0.15, -0.1) is 0 Å². The van der Waals surface area contributed by atoms with E-state index in [9.17, 15) is 9.59 Å². The predicted octanol–water partition coefficient (Wildman–Crippen LogP) is 6.70. The number of anilines is 1. The van der Waals surface area contributed by atoms with E-state index in [1.54, 1.807) is 13.0 Å². The Morgan fingerprint density at radius 3 is 2.51 bits per heavy atom. The van der Waals surface area contributed by atoms with E-state index in [0.717, 1.165) is 35.3 Å². The summed E-state index contributed by atoms with van der Waals surface area (Å²) in [6, 6.07) is 16.8. The molecule has 0 saturated carbocycles. The summed E-state index contributed by atoms with van der Waals surface area (Å²) in [5, 5.41) is 0. The van der Waals surface area contributed by atoms with Gasteiger partial charge in [0.15, 0.2) is 5.78 Å². The molecule has 3 aromatic rings. The third-order valence-corrected chi connectivity index (χ3v) is 6.63. The van der Waals surface area contributed by atoms with Gasteiger partial charge in [-0.3, -0.25) is 9.59 Å². The normalized spacial score (nSPS) is 15.0. The molecule has 1 aliphatic rings. The Bertz CT molecular complexity index is 1510. The van der Waals surface area contributed by atoms with Gasteiger partial charge in [-0.05, 0) is 86.4 Å². The van der Waals surface area contributed by atoms with E-state index in [1.165, 1.54) is 13.3 Å². The van der Waals surface area contributed by atoms with Gasteiger partial charge in [0.25, 0.3) is 0 Å². The van der Waals surface area contributed by atoms with E-state index in [-0.39, 0.29) is 23.3 Å². The molecule has 0 saturated heterocycles. The largest absolute Gasteiger partial charge is 0.457 e. The molecule has 0 unspecified atom stereocenters. The van der Waals surface area contributed by atoms with Crippen LogP contribution in [0.3, 0.4) is 0 Å². The van der Waals surface area contributed by atoms with Crippen LogP contribution in [0.15, 0.2) is 79.2 Å². The molecule has 1 atom stereocenters. The number of hydrogen-bond acceptors (Lipinski definition) is 6. The van der Waals surface area contributed by atoms with Crippen LogP contribution in [0.5, 0.6) is 11.5 Å². The number of nitrogens with zero attached hydrogens (tertiary/aromatic N) is 2. The Kier molecular flexibility index (Phi) is 8.86. The lowest BCUT2D eigenvalue weighted by Gasteiger charge is -2.25. The van der Waals surface area contributed by atoms with Gasteiger partial charge in [-0.1, -0.05) is 54.5 Å². The highest BCUT2D eigenvalue weighted by Gasteiger charge is 2.24. The number of nitrogen functional groups attached to an aromatic ring is 1. The molecule has 6 nitrogen and oxygen atoms in total. The molecule has 0 aliphatic heterocycles. The van der Waals surface area contributed by atoms with Crippen molar-refractivity contribution in [1.82, 2.24) is 9.97 Å². The first-order chi connectivity index (χ1) is 18.9. The van der Waals surface area contributed by atoms with Gasteiger partial charge in [0, 0.05) is 17.6 Å². The molecule has 0 amide bonds. The maximum Gasteiger partial charge on any atom is 0.209 e. The number of ketones is 2. The second-order valence-corrected chi connectivity index (χ2v) is 9.42. The zero-order valence-corrected chi connectivity index (χ0v) is 22.2. The van der Waals surface area contributed by atoms with Crippen molar-refractivity contribution in [3.8, 4) is 23.3 Å². The van der Waals surface area contributed by atoms with Crippen molar-refractivity contribution in [2.75, 3.05) is 5.73 Å². The van der Waals surface area contributed by atoms with Crippen LogP contribution in [-0.4, -0.2) is 21.5 Å². The van der Waals surface area contributed by atoms with Crippen molar-refractivity contribution >= 4 is 34.6 Å². The number of carbonyl (C=O) groups is 2. The van der Waals surface area contributed by atoms with Gasteiger partial charge in [0.1, 0.15) is 23.6 Å². The van der Waals surface area contributed by atoms with Gasteiger partial charge in [-0.25, -0.2) is 9.97 Å². The Balaban J connectivity index is 1.61. The number of benzene rings is 2. The quantitative estimate of drug-likeness (QED) is 0.147. The summed E-state index contributed by atoms with van der Waals surface area (Å²) in [4.78, 5) is 33.5. The Hall–Kier alpha value is -4.76. The molecule has 1 aliphatic carbocycles. The highest BCUT2D eigenvalue weighted by atomic mass is 16.5. The van der Waals surface area contributed by atoms with Gasteiger partial charge in [0.05, 0.1) is 5.69 Å². The van der Waals surface area contributed by atoms with Crippen LogP contribution in [0.2, 0.25) is 0 Å². The van der Waals surface area contributed by atoms with E-state index < -0.39 is 0 Å². The monoisotopic (exact) mass is 517 g/mol. The van der Waals surface area contributed by atoms with Crippen LogP contribution in [0, 0.1) is 17.8 Å². The molecule has 0 fully saturated rings. The number of carbonyl (C=O) groups excluding carboxylic acids is 2. The average molecular weight is 518 g/mol. The lowest BCUT2D eigenvalue weighted by Crippen LogP contribution is -2.13. The van der Waals surface area contributed by atoms with E-state index in [2.05, 4.69) is 34.5 Å². The minimum atomic E-state index is -0.120. The molecule has 1 heterocycles. The number of para-hydroxylation sites is 1. The standard InChI is InChI=1S/C33H31N3O3/c1-4-9-27(38)19-24-10-8-11-26(18-24)22(2)32-31(33(34)36-21-35-32)20-30(23(3)37)25-14-16-29(17-15-25)39-28-12-6-5-7-13-28/h5-7,10,12-17,20-21,26H,2,8,11,18-19H2,1,3H3,(H2,34,35,36)/b30-20-/t26-/m1/s1. The minimum Gasteiger partial charge on any atom is -0.457 e. The second-order valence-electron chi connectivity index (χ2n) is 9.42. The molecule has 2 N–H and O–H groups in total. The highest BCUT2D eigenvalue weighted by Crippen LogP contribution is 2.37. The summed E-state index contributed by atoms with van der Waals surface area (Å²) in [6.07, 6.45) is 8.01. The maximum absolute atomic E-state index is 12.8. The summed E-state index contributed by atoms with van der Waals surface area (Å²) in [5.41, 5.74) is 10.5. The van der Waals surface area contributed by atoms with Gasteiger partial charge in [0.2, 0.25) is 5.78 Å². The van der Waals surface area contributed by atoms with Crippen molar-refractivity contribution in [2.24, 2.45) is 5.92 Å². The van der Waals surface area contributed by atoms with Crippen LogP contribution < -0.4 is 10.5 Å². The number of ether oxygens (including phenoxy) is 1. The number of aromatic nitrogens is 2. The SMILES string of the molecule is C=C(c1ncnc(N)c1/C=C(/C(C)=O)c1ccc(Oc2ccccc2)cc1)[C@@H]1CCC=C(CC(=O)C#CC)C1. The maximum atomic E-state index is 12.8. The first kappa shape index (κ1) is 27.3. The van der Waals surface area contributed by atoms with Crippen molar-refractivity contribution in [3.63, 3.8) is 0 Å². The molecule has 0 radical (unpaired) electrons. The Morgan fingerprint density at radius 1 is 1.10 bits per heavy atom. The fourth-order valence-corrected chi connectivity index (χ4v) is 4.68. The Labute approximate surface area is 229 Å². The predicted molar refractivity (Wildman–Crippen MR) is 155 cm³/mol. The van der Waals surface area contributed by atoms with Crippen LogP contribution >= 0.6 is 0 Å². The topological polar surface area (TPSA) is 95.2 Å². The van der Waals surface area contributed by atoms with E-state index >= 15 is 0 Å². The number of hydrogen-bond donors (Lipinski definition) is 1. The molecule has 0 spiro atoms. The van der Waals surface area contributed by atoms with E-state index in [1.807, 2.05) is 54.6 Å². The molecule has 196 valence electrons. The second kappa shape index (κ2) is 12.7. The molecule has 2 aromatic carbocycles. The average Bonchev–Trinajstić information content (AvgIpc) is 2.93. The smallest absolute Gasteiger partial charge is 0.209 e. The van der Waals surface area contributed by atoms with Crippen molar-refractivity contribution in [1.29, 1.82) is 0 Å². The fraction of sp³-hybridized carbons (Fsp3) is 0.212. The number of Topliss-reactive ketones (excluding diaryl/α,β-unsaturated/α-hetero) is 2. The molecular formula is C33H31N3O3. The van der Waals surface area contributed by atoms with Crippen molar-refractivity contribution in [2.45, 2.75) is 39.5 Å². The summed E-state index contributed by atoms with van der Waals surface area (Å²) in [7, 11) is 0. The molecule has 6 heteroatoms. The summed E-state index contributed by atoms with van der Waals surface area (Å²) >= 11 is 0. The molecule has 0 bridgehead atoms. The van der Waals surface area contributed by atoms with Gasteiger partial charge >= 0.3 is 0 Å². The molecular weight excluding hydrogens is 486 g/mol. The van der Waals surface area contributed by atoms with E-state index in [0.29, 0.717) is 35.4 Å². The first-order valence-corrected chi connectivity index (χ1v) is 12.8. The number of allylic oxidation sites excluding steroid dienone is 4. The highest BCUT2D eigenvalue weighted by molar-refractivity contribution is 6.24. The lowest BCUT2D eigenvalue weighted by molar-refractivity contribution is -0.113. The van der Waals surface area contributed by atoms with Crippen LogP contribution in [0.25, 0.3) is 17.2 Å². The summed E-state index contributed by atoms with van der Waals surface area (Å²) in [6.45, 7) is 7.54. The minimum absolute atomic E-state index is 0.0868. The third-order valence-electron chi connectivity index (χ3n) is 6.63. The number of nitrogens with two attached hydrogens (primary N) is 1. The fourth-order valence-electron chi connectivity index (χ4n) is 4.68. The summed E-state index contributed by atoms with van der Waals surface area (Å²) in [5.74, 6) is 6.82. The van der Waals surface area contributed by atoms with Gasteiger partial charge < -0.3 is 10.5 Å². The van der Waals surface area contributed by atoms with Crippen LogP contribution in [-0.2, 0) is 9.59 Å². The van der Waals surface area contributed by atoms with Crippen LogP contribution in [0.4, 0.5) is 5.82 Å². The molecule has 39 heavy (non-hydrogen) atoms. The number of rotatable bonds is 9. The van der Waals surface area contributed by atoms with Gasteiger partial charge in [-0.2, -0.15) is 0 Å². The zero-order chi connectivity index (χ0) is 27.8. The Morgan fingerprint density at radius 2 is 1.82 bits per heavy atom. The van der Waals surface area contributed by atoms with Crippen molar-refractivity contribution in [3.05, 3.63) is 96.0 Å². The van der Waals surface area contributed by atoms with Crippen molar-refractivity contribution < 1.29 is 14.3 Å². The van der Waals surface area contributed by atoms with Crippen LogP contribution in [0.1, 0.15) is 56.4 Å². The zero-order valence-electron chi connectivity index (χ0n) is 22.2. The van der Waals surface area contributed by atoms with E-state index in [4.69, 9.17) is 10.5 Å².